The highest BCUT2D eigenvalue weighted by Gasteiger charge is 2.07. The van der Waals surface area contributed by atoms with Crippen molar-refractivity contribution in [3.05, 3.63) is 47.9 Å². The molecule has 0 unspecified atom stereocenters. The molecule has 1 N–H and O–H groups in total. The normalized spacial score (nSPS) is 11.3. The Hall–Kier alpha value is -1.83. The minimum Gasteiger partial charge on any atom is -0.359 e. The van der Waals surface area contributed by atoms with Crippen molar-refractivity contribution in [3.8, 4) is 0 Å². The summed E-state index contributed by atoms with van der Waals surface area (Å²) in [4.78, 5) is 3.15. The van der Waals surface area contributed by atoms with Crippen molar-refractivity contribution in [2.75, 3.05) is 0 Å². The summed E-state index contributed by atoms with van der Waals surface area (Å²) in [6.07, 6.45) is 0. The molecule has 1 aromatic heterocycles. The van der Waals surface area contributed by atoms with Crippen LogP contribution in [0.15, 0.2) is 36.4 Å². The van der Waals surface area contributed by atoms with Gasteiger partial charge in [-0.1, -0.05) is 24.3 Å². The molecule has 0 radical (unpaired) electrons. The molecule has 2 aromatic carbocycles. The van der Waals surface area contributed by atoms with E-state index in [4.69, 9.17) is 0 Å². The van der Waals surface area contributed by atoms with E-state index >= 15 is 0 Å². The molecule has 0 saturated carbocycles. The van der Waals surface area contributed by atoms with E-state index in [9.17, 15) is 4.39 Å². The van der Waals surface area contributed by atoms with E-state index in [1.807, 2.05) is 31.2 Å². The van der Waals surface area contributed by atoms with Crippen LogP contribution in [0.1, 0.15) is 5.69 Å². The van der Waals surface area contributed by atoms with Crippen LogP contribution in [-0.2, 0) is 0 Å². The minimum atomic E-state index is -0.167. The van der Waals surface area contributed by atoms with Gasteiger partial charge in [0.25, 0.3) is 0 Å². The van der Waals surface area contributed by atoms with E-state index in [0.29, 0.717) is 5.39 Å². The summed E-state index contributed by atoms with van der Waals surface area (Å²) >= 11 is 0. The molecule has 15 heavy (non-hydrogen) atoms. The molecular formula is C13H10FN. The molecule has 3 aromatic rings. The Bertz CT molecular complexity index is 652. The molecule has 0 aliphatic rings. The van der Waals surface area contributed by atoms with Crippen molar-refractivity contribution >= 4 is 21.7 Å². The zero-order valence-electron chi connectivity index (χ0n) is 8.34. The Labute approximate surface area is 86.5 Å². The Morgan fingerprint density at radius 3 is 2.53 bits per heavy atom. The third kappa shape index (κ3) is 1.14. The fourth-order valence-electron chi connectivity index (χ4n) is 2.08. The average molecular weight is 199 g/mol. The number of rotatable bonds is 0. The topological polar surface area (TPSA) is 15.8 Å². The van der Waals surface area contributed by atoms with Crippen molar-refractivity contribution < 1.29 is 4.39 Å². The lowest BCUT2D eigenvalue weighted by molar-refractivity contribution is 0.641. The van der Waals surface area contributed by atoms with Gasteiger partial charge in [-0.25, -0.2) is 4.39 Å². The highest BCUT2D eigenvalue weighted by atomic mass is 19.1. The summed E-state index contributed by atoms with van der Waals surface area (Å²) in [5, 5.41) is 2.74. The first kappa shape index (κ1) is 8.48. The SMILES string of the molecule is Cc1cc2c(cc(F)c3ccccc32)[nH]1. The van der Waals surface area contributed by atoms with E-state index in [1.54, 1.807) is 6.07 Å². The number of fused-ring (bicyclic) bond motifs is 3. The summed E-state index contributed by atoms with van der Waals surface area (Å²) < 4.78 is 13.7. The lowest BCUT2D eigenvalue weighted by Gasteiger charge is -2.00. The number of aromatic amines is 1. The standard InChI is InChI=1S/C13H10FN/c1-8-6-11-9-4-2-3-5-10(9)12(14)7-13(11)15-8/h2-7,15H,1H3. The van der Waals surface area contributed by atoms with Crippen molar-refractivity contribution in [1.82, 2.24) is 4.98 Å². The van der Waals surface area contributed by atoms with Gasteiger partial charge in [0.15, 0.2) is 0 Å². The zero-order valence-corrected chi connectivity index (χ0v) is 8.34. The molecule has 0 spiro atoms. The quantitative estimate of drug-likeness (QED) is 0.567. The Morgan fingerprint density at radius 2 is 1.73 bits per heavy atom. The number of hydrogen-bond acceptors (Lipinski definition) is 0. The second-order valence-electron chi connectivity index (χ2n) is 3.82. The number of aryl methyl sites for hydroxylation is 1. The molecule has 0 aliphatic heterocycles. The molecule has 0 amide bonds. The molecule has 0 aliphatic carbocycles. The van der Waals surface area contributed by atoms with Crippen molar-refractivity contribution in [2.24, 2.45) is 0 Å². The lowest BCUT2D eigenvalue weighted by atomic mass is 10.1. The fraction of sp³-hybridized carbons (Fsp3) is 0.0769. The number of halogens is 1. The lowest BCUT2D eigenvalue weighted by Crippen LogP contribution is -1.80. The number of H-pyrrole nitrogens is 1. The van der Waals surface area contributed by atoms with Crippen molar-refractivity contribution in [2.45, 2.75) is 6.92 Å². The van der Waals surface area contributed by atoms with E-state index in [0.717, 1.165) is 22.0 Å². The van der Waals surface area contributed by atoms with Crippen LogP contribution in [0.5, 0.6) is 0 Å². The van der Waals surface area contributed by atoms with Gasteiger partial charge in [0.05, 0.1) is 0 Å². The van der Waals surface area contributed by atoms with E-state index in [-0.39, 0.29) is 5.82 Å². The molecule has 3 rings (SSSR count). The summed E-state index contributed by atoms with van der Waals surface area (Å²) in [6, 6.07) is 11.2. The molecule has 0 saturated heterocycles. The molecule has 0 atom stereocenters. The van der Waals surface area contributed by atoms with Gasteiger partial charge in [0, 0.05) is 22.0 Å². The van der Waals surface area contributed by atoms with Gasteiger partial charge >= 0.3 is 0 Å². The van der Waals surface area contributed by atoms with Crippen LogP contribution in [0.4, 0.5) is 4.39 Å². The number of nitrogens with one attached hydrogen (secondary N) is 1. The second-order valence-corrected chi connectivity index (χ2v) is 3.82. The van der Waals surface area contributed by atoms with Crippen LogP contribution in [0.25, 0.3) is 21.7 Å². The van der Waals surface area contributed by atoms with Crippen molar-refractivity contribution in [1.29, 1.82) is 0 Å². The van der Waals surface area contributed by atoms with E-state index in [2.05, 4.69) is 11.1 Å². The molecule has 1 heterocycles. The second kappa shape index (κ2) is 2.83. The molecule has 0 bridgehead atoms. The molecule has 74 valence electrons. The summed E-state index contributed by atoms with van der Waals surface area (Å²) in [7, 11) is 0. The van der Waals surface area contributed by atoms with Crippen LogP contribution in [-0.4, -0.2) is 4.98 Å². The largest absolute Gasteiger partial charge is 0.359 e. The summed E-state index contributed by atoms with van der Waals surface area (Å²) in [5.41, 5.74) is 1.92. The van der Waals surface area contributed by atoms with Gasteiger partial charge < -0.3 is 4.98 Å². The van der Waals surface area contributed by atoms with Gasteiger partial charge in [-0.2, -0.15) is 0 Å². The van der Waals surface area contributed by atoms with Crippen LogP contribution in [0.3, 0.4) is 0 Å². The van der Waals surface area contributed by atoms with Crippen LogP contribution < -0.4 is 0 Å². The van der Waals surface area contributed by atoms with Crippen LogP contribution in [0.2, 0.25) is 0 Å². The first-order valence-corrected chi connectivity index (χ1v) is 4.92. The maximum Gasteiger partial charge on any atom is 0.133 e. The first-order valence-electron chi connectivity index (χ1n) is 4.92. The third-order valence-electron chi connectivity index (χ3n) is 2.73. The van der Waals surface area contributed by atoms with Crippen LogP contribution >= 0.6 is 0 Å². The maximum absolute atomic E-state index is 13.7. The Balaban J connectivity index is 2.62. The highest BCUT2D eigenvalue weighted by molar-refractivity contribution is 6.06. The maximum atomic E-state index is 13.7. The molecule has 2 heteroatoms. The smallest absolute Gasteiger partial charge is 0.133 e. The van der Waals surface area contributed by atoms with Crippen LogP contribution in [0, 0.1) is 12.7 Å². The van der Waals surface area contributed by atoms with E-state index < -0.39 is 0 Å². The fourth-order valence-corrected chi connectivity index (χ4v) is 2.08. The first-order chi connectivity index (χ1) is 7.25. The molecular weight excluding hydrogens is 189 g/mol. The summed E-state index contributed by atoms with van der Waals surface area (Å²) in [5.74, 6) is -0.167. The monoisotopic (exact) mass is 199 g/mol. The Kier molecular flexibility index (Phi) is 1.60. The Morgan fingerprint density at radius 1 is 1.00 bits per heavy atom. The van der Waals surface area contributed by atoms with Gasteiger partial charge in [-0.3, -0.25) is 0 Å². The minimum absolute atomic E-state index is 0.167. The van der Waals surface area contributed by atoms with E-state index in [1.165, 1.54) is 0 Å². The molecule has 1 nitrogen and oxygen atoms in total. The molecule has 0 fully saturated rings. The highest BCUT2D eigenvalue weighted by Crippen LogP contribution is 2.27. The number of hydrogen-bond donors (Lipinski definition) is 1. The predicted molar refractivity (Wildman–Crippen MR) is 60.5 cm³/mol. The zero-order chi connectivity index (χ0) is 10.4. The average Bonchev–Trinajstić information content (AvgIpc) is 2.59. The van der Waals surface area contributed by atoms with Gasteiger partial charge in [0.2, 0.25) is 0 Å². The summed E-state index contributed by atoms with van der Waals surface area (Å²) in [6.45, 7) is 1.98. The van der Waals surface area contributed by atoms with Crippen molar-refractivity contribution in [3.63, 3.8) is 0 Å². The van der Waals surface area contributed by atoms with Gasteiger partial charge in [0.1, 0.15) is 5.82 Å². The predicted octanol–water partition coefficient (Wildman–Crippen LogP) is 3.77. The van der Waals surface area contributed by atoms with Gasteiger partial charge in [-0.15, -0.1) is 0 Å². The number of aromatic nitrogens is 1. The van der Waals surface area contributed by atoms with Gasteiger partial charge in [-0.05, 0) is 24.4 Å². The third-order valence-corrected chi connectivity index (χ3v) is 2.73. The number of benzene rings is 2.